The van der Waals surface area contributed by atoms with Crippen LogP contribution >= 0.6 is 11.6 Å². The van der Waals surface area contributed by atoms with Gasteiger partial charge in [0.15, 0.2) is 18.2 Å². The lowest BCUT2D eigenvalue weighted by molar-refractivity contribution is -0.137. The van der Waals surface area contributed by atoms with Crippen molar-refractivity contribution in [3.8, 4) is 5.75 Å². The van der Waals surface area contributed by atoms with Gasteiger partial charge in [0.25, 0.3) is 17.4 Å². The van der Waals surface area contributed by atoms with E-state index in [1.807, 2.05) is 32.0 Å². The Labute approximate surface area is 387 Å². The van der Waals surface area contributed by atoms with Gasteiger partial charge < -0.3 is 34.5 Å². The van der Waals surface area contributed by atoms with Crippen molar-refractivity contribution in [2.45, 2.75) is 115 Å². The standard InChI is InChI=1S/C48H57ClFN9O7/c1-26(2)59-37-9-6-28(18-27(37)19-39(46(59)64)65-24-41(61)51-5)53-43-36(49)22-52-47(55-43)56-15-12-30(13-16-56)66-31-20-29(21-31)57-17-14-35(48(3,4)25-57)33-8-7-32-34(42(33)50)23-58(45(32)63)38-10-11-40(60)54-44(38)62/h6-9,18-19,22,26,29-31,35,38H,10-17,20-21,23-25H2,1-5H3,(H,51,61)(H,52,53,55)(H,54,60,62)/t29?,31?,35-,38-/m0/s1. The van der Waals surface area contributed by atoms with E-state index in [4.69, 9.17) is 26.1 Å². The number of anilines is 3. The summed E-state index contributed by atoms with van der Waals surface area (Å²) in [6.45, 7) is 11.1. The van der Waals surface area contributed by atoms with Gasteiger partial charge in [-0.15, -0.1) is 0 Å². The number of carbonyl (C=O) groups excluding carboxylic acids is 4. The number of imide groups is 1. The second kappa shape index (κ2) is 18.2. The van der Waals surface area contributed by atoms with E-state index in [9.17, 15) is 24.0 Å². The van der Waals surface area contributed by atoms with E-state index in [0.717, 1.165) is 69.2 Å². The molecule has 0 bridgehead atoms. The first-order valence-electron chi connectivity index (χ1n) is 23.0. The third kappa shape index (κ3) is 8.84. The number of amides is 4. The lowest BCUT2D eigenvalue weighted by atomic mass is 9.69. The largest absolute Gasteiger partial charge is 0.478 e. The van der Waals surface area contributed by atoms with Gasteiger partial charge in [-0.3, -0.25) is 34.2 Å². The first-order chi connectivity index (χ1) is 31.6. The average Bonchev–Trinajstić information content (AvgIpc) is 3.60. The van der Waals surface area contributed by atoms with Crippen LogP contribution in [0, 0.1) is 11.2 Å². The van der Waals surface area contributed by atoms with Gasteiger partial charge in [-0.25, -0.2) is 9.37 Å². The fourth-order valence-corrected chi connectivity index (χ4v) is 10.7. The van der Waals surface area contributed by atoms with E-state index < -0.39 is 11.9 Å². The van der Waals surface area contributed by atoms with Gasteiger partial charge in [0.05, 0.1) is 30.5 Å². The second-order valence-corrected chi connectivity index (χ2v) is 19.7. The summed E-state index contributed by atoms with van der Waals surface area (Å²) in [6.07, 6.45) is 6.68. The third-order valence-corrected chi connectivity index (χ3v) is 14.4. The molecule has 4 aliphatic heterocycles. The van der Waals surface area contributed by atoms with Gasteiger partial charge in [0, 0.05) is 67.4 Å². The molecule has 18 heteroatoms. The van der Waals surface area contributed by atoms with Crippen LogP contribution in [0.15, 0.2) is 47.4 Å². The van der Waals surface area contributed by atoms with Crippen molar-refractivity contribution in [3.05, 3.63) is 80.5 Å². The first-order valence-corrected chi connectivity index (χ1v) is 23.4. The van der Waals surface area contributed by atoms with Crippen molar-refractivity contribution in [1.29, 1.82) is 0 Å². The fraction of sp³-hybridized carbons (Fsp3) is 0.521. The van der Waals surface area contributed by atoms with Crippen LogP contribution < -0.4 is 31.1 Å². The Morgan fingerprint density at radius 2 is 1.79 bits per heavy atom. The zero-order valence-electron chi connectivity index (χ0n) is 38.0. The van der Waals surface area contributed by atoms with Crippen LogP contribution in [0.1, 0.15) is 106 Å². The number of hydrogen-bond donors (Lipinski definition) is 3. The Morgan fingerprint density at radius 3 is 2.50 bits per heavy atom. The highest BCUT2D eigenvalue weighted by molar-refractivity contribution is 6.33. The quantitative estimate of drug-likeness (QED) is 0.145. The Balaban J connectivity index is 0.767. The van der Waals surface area contributed by atoms with Crippen LogP contribution in [0.3, 0.4) is 0 Å². The van der Waals surface area contributed by atoms with E-state index >= 15 is 4.39 Å². The van der Waals surface area contributed by atoms with Crippen molar-refractivity contribution >= 4 is 63.6 Å². The van der Waals surface area contributed by atoms with Crippen LogP contribution in [0.2, 0.25) is 5.02 Å². The molecule has 16 nitrogen and oxygen atoms in total. The minimum absolute atomic E-state index is 0.0245. The molecular formula is C48H57ClFN9O7. The van der Waals surface area contributed by atoms with E-state index in [-0.39, 0.29) is 90.4 Å². The monoisotopic (exact) mass is 925 g/mol. The number of hydrogen-bond acceptors (Lipinski definition) is 12. The Kier molecular flexibility index (Phi) is 12.6. The Hall–Kier alpha value is -5.65. The number of halogens is 2. The SMILES string of the molecule is CNC(=O)COc1cc2cc(Nc3nc(N4CCC(OC5CC(N6CC[C@@H](c7ccc8c(c7F)CN([C@H]7CCC(=O)NC7=O)C8=O)C(C)(C)C6)C5)CC4)ncc3Cl)ccc2n(C(C)C)c1=O. The number of ether oxygens (including phenoxy) is 2. The van der Waals surface area contributed by atoms with Crippen LogP contribution in [0.5, 0.6) is 5.75 Å². The van der Waals surface area contributed by atoms with Crippen LogP contribution in [-0.2, 0) is 25.7 Å². The van der Waals surface area contributed by atoms with Gasteiger partial charge in [-0.2, -0.15) is 4.98 Å². The predicted molar refractivity (Wildman–Crippen MR) is 247 cm³/mol. The number of piperidine rings is 3. The van der Waals surface area contributed by atoms with Crippen molar-refractivity contribution in [1.82, 2.24) is 35.0 Å². The smallest absolute Gasteiger partial charge is 0.293 e. The molecule has 1 aliphatic carbocycles. The number of rotatable bonds is 12. The molecule has 3 N–H and O–H groups in total. The molecule has 2 aromatic carbocycles. The lowest BCUT2D eigenvalue weighted by Crippen LogP contribution is -2.55. The third-order valence-electron chi connectivity index (χ3n) is 14.2. The summed E-state index contributed by atoms with van der Waals surface area (Å²) < 4.78 is 30.2. The van der Waals surface area contributed by atoms with Gasteiger partial charge in [0.2, 0.25) is 17.8 Å². The van der Waals surface area contributed by atoms with Crippen LogP contribution in [-0.4, -0.2) is 112 Å². The van der Waals surface area contributed by atoms with Crippen LogP contribution in [0.4, 0.5) is 21.8 Å². The van der Waals surface area contributed by atoms with Gasteiger partial charge in [0.1, 0.15) is 16.9 Å². The van der Waals surface area contributed by atoms with Gasteiger partial charge >= 0.3 is 0 Å². The summed E-state index contributed by atoms with van der Waals surface area (Å²) in [5, 5.41) is 9.25. The molecule has 6 heterocycles. The highest BCUT2D eigenvalue weighted by Crippen LogP contribution is 2.47. The minimum Gasteiger partial charge on any atom is -0.478 e. The van der Waals surface area contributed by atoms with E-state index in [1.165, 1.54) is 11.9 Å². The minimum atomic E-state index is -0.782. The molecule has 9 rings (SSSR count). The number of nitrogens with one attached hydrogen (secondary N) is 3. The molecule has 3 saturated heterocycles. The molecule has 0 unspecified atom stereocenters. The fourth-order valence-electron chi connectivity index (χ4n) is 10.6. The van der Waals surface area contributed by atoms with E-state index in [2.05, 4.69) is 44.6 Å². The number of pyridine rings is 1. The number of fused-ring (bicyclic) bond motifs is 2. The highest BCUT2D eigenvalue weighted by Gasteiger charge is 2.46. The number of nitrogens with zero attached hydrogens (tertiary/aromatic N) is 6. The molecule has 5 aliphatic rings. The lowest BCUT2D eigenvalue weighted by Gasteiger charge is -2.51. The predicted octanol–water partition coefficient (Wildman–Crippen LogP) is 5.83. The Morgan fingerprint density at radius 1 is 1.02 bits per heavy atom. The second-order valence-electron chi connectivity index (χ2n) is 19.3. The van der Waals surface area contributed by atoms with Crippen molar-refractivity contribution in [2.24, 2.45) is 5.41 Å². The summed E-state index contributed by atoms with van der Waals surface area (Å²) in [7, 11) is 1.51. The number of aromatic nitrogens is 3. The summed E-state index contributed by atoms with van der Waals surface area (Å²) in [4.78, 5) is 78.1. The summed E-state index contributed by atoms with van der Waals surface area (Å²) in [6, 6.07) is 10.2. The topological polar surface area (TPSA) is 180 Å². The molecule has 2 atom stereocenters. The molecule has 0 spiro atoms. The maximum Gasteiger partial charge on any atom is 0.293 e. The highest BCUT2D eigenvalue weighted by atomic mass is 35.5. The molecule has 1 saturated carbocycles. The molecule has 4 aromatic rings. The molecule has 66 heavy (non-hydrogen) atoms. The van der Waals surface area contributed by atoms with Gasteiger partial charge in [-0.05, 0) is 106 Å². The number of likely N-dealkylation sites (tertiary alicyclic amines) is 1. The zero-order valence-corrected chi connectivity index (χ0v) is 38.8. The van der Waals surface area contributed by atoms with Crippen molar-refractivity contribution in [2.75, 3.05) is 50.1 Å². The maximum atomic E-state index is 16.3. The number of likely N-dealkylation sites (N-methyl/N-ethyl adjacent to an activating group) is 1. The van der Waals surface area contributed by atoms with E-state index in [1.54, 1.807) is 29.0 Å². The normalized spacial score (nSPS) is 23.5. The zero-order chi connectivity index (χ0) is 46.6. The molecule has 2 aromatic heterocycles. The first kappa shape index (κ1) is 45.5. The van der Waals surface area contributed by atoms with Crippen LogP contribution in [0.25, 0.3) is 10.9 Å². The number of carbonyl (C=O) groups is 4. The molecule has 4 fully saturated rings. The van der Waals surface area contributed by atoms with Gasteiger partial charge in [-0.1, -0.05) is 31.5 Å². The average molecular weight is 926 g/mol. The van der Waals surface area contributed by atoms with E-state index in [0.29, 0.717) is 45.2 Å². The summed E-state index contributed by atoms with van der Waals surface area (Å²) >= 11 is 6.61. The number of benzene rings is 2. The summed E-state index contributed by atoms with van der Waals surface area (Å²) in [5.74, 6) is -0.846. The molecular weight excluding hydrogens is 869 g/mol. The van der Waals surface area contributed by atoms with Crippen molar-refractivity contribution < 1.29 is 33.0 Å². The maximum absolute atomic E-state index is 16.3. The van der Waals surface area contributed by atoms with Crippen molar-refractivity contribution in [3.63, 3.8) is 0 Å². The summed E-state index contributed by atoms with van der Waals surface area (Å²) in [5.41, 5.74) is 2.16. The Bertz CT molecular complexity index is 2640. The molecule has 4 amide bonds. The molecule has 350 valence electrons. The molecule has 0 radical (unpaired) electrons.